The second-order valence-corrected chi connectivity index (χ2v) is 5.42. The molecule has 1 aliphatic rings. The van der Waals surface area contributed by atoms with Gasteiger partial charge in [0.05, 0.1) is 10.6 Å². The summed E-state index contributed by atoms with van der Waals surface area (Å²) in [5.74, 6) is 1.31. The van der Waals surface area contributed by atoms with Crippen molar-refractivity contribution in [3.05, 3.63) is 28.0 Å². The number of amides is 1. The first-order valence-electron chi connectivity index (χ1n) is 5.55. The third kappa shape index (κ3) is 2.90. The molecule has 1 aromatic rings. The van der Waals surface area contributed by atoms with E-state index in [1.165, 1.54) is 12.6 Å². The Morgan fingerprint density at radius 1 is 1.59 bits per heavy atom. The van der Waals surface area contributed by atoms with Crippen molar-refractivity contribution in [1.29, 1.82) is 0 Å². The third-order valence-electron chi connectivity index (χ3n) is 3.17. The van der Waals surface area contributed by atoms with Gasteiger partial charge >= 0.3 is 0 Å². The van der Waals surface area contributed by atoms with Crippen LogP contribution >= 0.6 is 23.2 Å². The monoisotopic (exact) mass is 272 g/mol. The lowest BCUT2D eigenvalue weighted by Crippen LogP contribution is -2.29. The fraction of sp³-hybridized carbons (Fsp3) is 0.500. The third-order valence-corrected chi connectivity index (χ3v) is 3.86. The van der Waals surface area contributed by atoms with Gasteiger partial charge in [-0.2, -0.15) is 0 Å². The first-order chi connectivity index (χ1) is 7.99. The zero-order valence-electron chi connectivity index (χ0n) is 9.78. The maximum absolute atomic E-state index is 12.1. The number of halogens is 2. The standard InChI is InChI=1S/C12H14Cl2N2O/c1-7-3-9(7)6-16(2)12(17)8-4-10(13)11(14)15-5-8/h4-5,7,9H,3,6H2,1-2H3. The largest absolute Gasteiger partial charge is 0.341 e. The van der Waals surface area contributed by atoms with Gasteiger partial charge < -0.3 is 4.90 Å². The summed E-state index contributed by atoms with van der Waals surface area (Å²) in [6.45, 7) is 2.99. The van der Waals surface area contributed by atoms with Crippen LogP contribution in [0.5, 0.6) is 0 Å². The van der Waals surface area contributed by atoms with Crippen molar-refractivity contribution in [2.75, 3.05) is 13.6 Å². The van der Waals surface area contributed by atoms with Gasteiger partial charge in [0, 0.05) is 19.8 Å². The zero-order valence-corrected chi connectivity index (χ0v) is 11.3. The van der Waals surface area contributed by atoms with Crippen LogP contribution in [0.2, 0.25) is 10.2 Å². The fourth-order valence-corrected chi connectivity index (χ4v) is 2.12. The van der Waals surface area contributed by atoms with Gasteiger partial charge in [-0.15, -0.1) is 0 Å². The smallest absolute Gasteiger partial charge is 0.255 e. The van der Waals surface area contributed by atoms with Crippen molar-refractivity contribution < 1.29 is 4.79 Å². The normalized spacial score (nSPS) is 22.4. The summed E-state index contributed by atoms with van der Waals surface area (Å²) in [7, 11) is 1.80. The number of carbonyl (C=O) groups excluding carboxylic acids is 1. The lowest BCUT2D eigenvalue weighted by atomic mass is 10.2. The maximum Gasteiger partial charge on any atom is 0.255 e. The quantitative estimate of drug-likeness (QED) is 0.793. The summed E-state index contributed by atoms with van der Waals surface area (Å²) >= 11 is 11.5. The number of aromatic nitrogens is 1. The Bertz CT molecular complexity index is 450. The second kappa shape index (κ2) is 4.83. The van der Waals surface area contributed by atoms with Crippen LogP contribution in [0.4, 0.5) is 0 Å². The summed E-state index contributed by atoms with van der Waals surface area (Å²) in [6.07, 6.45) is 2.67. The average molecular weight is 273 g/mol. The lowest BCUT2D eigenvalue weighted by molar-refractivity contribution is 0.0786. The molecule has 2 unspecified atom stereocenters. The van der Waals surface area contributed by atoms with E-state index in [1.54, 1.807) is 18.0 Å². The Hall–Kier alpha value is -0.800. The highest BCUT2D eigenvalue weighted by atomic mass is 35.5. The Balaban J connectivity index is 2.05. The molecule has 92 valence electrons. The molecular formula is C12H14Cl2N2O. The molecule has 1 aromatic heterocycles. The Morgan fingerprint density at radius 2 is 2.24 bits per heavy atom. The van der Waals surface area contributed by atoms with Crippen molar-refractivity contribution in [3.8, 4) is 0 Å². The zero-order chi connectivity index (χ0) is 12.6. The van der Waals surface area contributed by atoms with E-state index in [0.717, 1.165) is 12.5 Å². The van der Waals surface area contributed by atoms with Crippen LogP contribution in [0.25, 0.3) is 0 Å². The Kier molecular flexibility index (Phi) is 3.59. The minimum absolute atomic E-state index is 0.0600. The summed E-state index contributed by atoms with van der Waals surface area (Å²) in [4.78, 5) is 17.7. The number of pyridine rings is 1. The Labute approximate surface area is 111 Å². The molecule has 1 saturated carbocycles. The van der Waals surface area contributed by atoms with Crippen molar-refractivity contribution in [3.63, 3.8) is 0 Å². The molecule has 1 heterocycles. The molecule has 17 heavy (non-hydrogen) atoms. The van der Waals surface area contributed by atoms with E-state index < -0.39 is 0 Å². The summed E-state index contributed by atoms with van der Waals surface area (Å²) in [6, 6.07) is 1.56. The molecular weight excluding hydrogens is 259 g/mol. The van der Waals surface area contributed by atoms with Gasteiger partial charge in [-0.05, 0) is 24.3 Å². The SMILES string of the molecule is CC1CC1CN(C)C(=O)c1cnc(Cl)c(Cl)c1. The van der Waals surface area contributed by atoms with E-state index in [4.69, 9.17) is 23.2 Å². The van der Waals surface area contributed by atoms with Crippen LogP contribution in [0.1, 0.15) is 23.7 Å². The van der Waals surface area contributed by atoms with Crippen LogP contribution in [0, 0.1) is 11.8 Å². The molecule has 0 bridgehead atoms. The minimum atomic E-state index is -0.0600. The predicted molar refractivity (Wildman–Crippen MR) is 68.5 cm³/mol. The number of hydrogen-bond acceptors (Lipinski definition) is 2. The van der Waals surface area contributed by atoms with Crippen LogP contribution in [0.15, 0.2) is 12.3 Å². The molecule has 0 radical (unpaired) electrons. The van der Waals surface area contributed by atoms with E-state index in [0.29, 0.717) is 16.5 Å². The van der Waals surface area contributed by atoms with Crippen molar-refractivity contribution in [1.82, 2.24) is 9.88 Å². The molecule has 1 amide bonds. The molecule has 0 N–H and O–H groups in total. The van der Waals surface area contributed by atoms with Crippen LogP contribution in [-0.4, -0.2) is 29.4 Å². The minimum Gasteiger partial charge on any atom is -0.341 e. The van der Waals surface area contributed by atoms with Gasteiger partial charge in [-0.3, -0.25) is 4.79 Å². The van der Waals surface area contributed by atoms with Gasteiger partial charge in [0.15, 0.2) is 0 Å². The highest BCUT2D eigenvalue weighted by molar-refractivity contribution is 6.41. The average Bonchev–Trinajstić information content (AvgIpc) is 2.97. The molecule has 0 aromatic carbocycles. The van der Waals surface area contributed by atoms with E-state index in [-0.39, 0.29) is 11.1 Å². The number of carbonyl (C=O) groups is 1. The molecule has 2 atom stereocenters. The molecule has 1 fully saturated rings. The molecule has 2 rings (SSSR count). The Morgan fingerprint density at radius 3 is 2.76 bits per heavy atom. The molecule has 5 heteroatoms. The molecule has 0 saturated heterocycles. The van der Waals surface area contributed by atoms with Gasteiger partial charge in [0.1, 0.15) is 5.15 Å². The van der Waals surface area contributed by atoms with E-state index >= 15 is 0 Å². The first kappa shape index (κ1) is 12.7. The number of hydrogen-bond donors (Lipinski definition) is 0. The van der Waals surface area contributed by atoms with Gasteiger partial charge in [-0.25, -0.2) is 4.98 Å². The van der Waals surface area contributed by atoms with E-state index in [2.05, 4.69) is 11.9 Å². The van der Waals surface area contributed by atoms with E-state index in [9.17, 15) is 4.79 Å². The van der Waals surface area contributed by atoms with Crippen molar-refractivity contribution >= 4 is 29.1 Å². The van der Waals surface area contributed by atoms with Gasteiger partial charge in [-0.1, -0.05) is 30.1 Å². The van der Waals surface area contributed by atoms with Crippen LogP contribution in [-0.2, 0) is 0 Å². The highest BCUT2D eigenvalue weighted by Crippen LogP contribution is 2.38. The molecule has 3 nitrogen and oxygen atoms in total. The van der Waals surface area contributed by atoms with Crippen LogP contribution in [0.3, 0.4) is 0 Å². The summed E-state index contributed by atoms with van der Waals surface area (Å²) in [5.41, 5.74) is 0.482. The first-order valence-corrected chi connectivity index (χ1v) is 6.31. The topological polar surface area (TPSA) is 33.2 Å². The maximum atomic E-state index is 12.1. The number of rotatable bonds is 3. The van der Waals surface area contributed by atoms with Gasteiger partial charge in [0.2, 0.25) is 0 Å². The predicted octanol–water partition coefficient (Wildman–Crippen LogP) is 3.12. The van der Waals surface area contributed by atoms with Crippen molar-refractivity contribution in [2.45, 2.75) is 13.3 Å². The molecule has 1 aliphatic carbocycles. The highest BCUT2D eigenvalue weighted by Gasteiger charge is 2.34. The number of nitrogens with zero attached hydrogens (tertiary/aromatic N) is 2. The fourth-order valence-electron chi connectivity index (χ4n) is 1.85. The molecule has 0 spiro atoms. The summed E-state index contributed by atoms with van der Waals surface area (Å²) < 4.78 is 0. The van der Waals surface area contributed by atoms with Crippen molar-refractivity contribution in [2.24, 2.45) is 11.8 Å². The second-order valence-electron chi connectivity index (χ2n) is 4.66. The van der Waals surface area contributed by atoms with Gasteiger partial charge in [0.25, 0.3) is 5.91 Å². The lowest BCUT2D eigenvalue weighted by Gasteiger charge is -2.17. The van der Waals surface area contributed by atoms with E-state index in [1.807, 2.05) is 0 Å². The van der Waals surface area contributed by atoms with Crippen LogP contribution < -0.4 is 0 Å². The molecule has 0 aliphatic heterocycles. The summed E-state index contributed by atoms with van der Waals surface area (Å²) in [5, 5.41) is 0.535.